The van der Waals surface area contributed by atoms with E-state index in [1.807, 2.05) is 13.8 Å². The number of thiazole rings is 1. The van der Waals surface area contributed by atoms with Crippen molar-refractivity contribution in [1.82, 2.24) is 19.4 Å². The van der Waals surface area contributed by atoms with Gasteiger partial charge in [-0.3, -0.25) is 0 Å². The molecule has 0 bridgehead atoms. The predicted molar refractivity (Wildman–Crippen MR) is 87.0 cm³/mol. The molecule has 24 heavy (non-hydrogen) atoms. The summed E-state index contributed by atoms with van der Waals surface area (Å²) in [7, 11) is 2.05. The van der Waals surface area contributed by atoms with E-state index in [1.54, 1.807) is 15.9 Å². The van der Waals surface area contributed by atoms with E-state index in [9.17, 15) is 13.2 Å². The smallest absolute Gasteiger partial charge is 0.334 e. The molecule has 0 spiro atoms. The summed E-state index contributed by atoms with van der Waals surface area (Å²) in [4.78, 5) is 11.7. The molecule has 4 nitrogen and oxygen atoms in total. The molecule has 1 aliphatic rings. The van der Waals surface area contributed by atoms with Gasteiger partial charge in [0.25, 0.3) is 0 Å². The van der Waals surface area contributed by atoms with Crippen LogP contribution in [0, 0.1) is 19.8 Å². The standard InChI is InChI=1S/C16H21F3N4S/c1-10-13(24-11(2)20-10)8-22(3)6-12-4-5-15-21-14(16(17,18)19)9-23(15)7-12/h9,12H,4-8H2,1-3H3/t12-/m1/s1. The van der Waals surface area contributed by atoms with E-state index in [2.05, 4.69) is 21.9 Å². The zero-order valence-electron chi connectivity index (χ0n) is 14.0. The maximum atomic E-state index is 12.8. The molecule has 3 rings (SSSR count). The van der Waals surface area contributed by atoms with Crippen LogP contribution in [0.5, 0.6) is 0 Å². The number of nitrogens with zero attached hydrogens (tertiary/aromatic N) is 4. The van der Waals surface area contributed by atoms with Crippen LogP contribution in [0.1, 0.15) is 33.5 Å². The van der Waals surface area contributed by atoms with E-state index in [0.717, 1.165) is 36.4 Å². The lowest BCUT2D eigenvalue weighted by atomic mass is 9.99. The molecule has 0 saturated carbocycles. The second kappa shape index (κ2) is 6.48. The lowest BCUT2D eigenvalue weighted by Gasteiger charge is -2.28. The summed E-state index contributed by atoms with van der Waals surface area (Å²) in [6, 6.07) is 0. The van der Waals surface area contributed by atoms with E-state index in [4.69, 9.17) is 0 Å². The van der Waals surface area contributed by atoms with Crippen LogP contribution in [0.4, 0.5) is 13.2 Å². The number of aromatic nitrogens is 3. The molecule has 3 heterocycles. The van der Waals surface area contributed by atoms with Crippen molar-refractivity contribution >= 4 is 11.3 Å². The molecule has 0 aromatic carbocycles. The minimum absolute atomic E-state index is 0.340. The molecule has 0 amide bonds. The Morgan fingerprint density at radius 1 is 1.33 bits per heavy atom. The van der Waals surface area contributed by atoms with Gasteiger partial charge in [-0.15, -0.1) is 11.3 Å². The third-order valence-electron chi connectivity index (χ3n) is 4.36. The molecule has 2 aromatic heterocycles. The number of hydrogen-bond acceptors (Lipinski definition) is 4. The zero-order chi connectivity index (χ0) is 17.5. The van der Waals surface area contributed by atoms with Crippen molar-refractivity contribution in [3.63, 3.8) is 0 Å². The van der Waals surface area contributed by atoms with Gasteiger partial charge >= 0.3 is 6.18 Å². The van der Waals surface area contributed by atoms with Gasteiger partial charge in [-0.05, 0) is 33.2 Å². The average Bonchev–Trinajstić information content (AvgIpc) is 3.01. The highest BCUT2D eigenvalue weighted by molar-refractivity contribution is 7.11. The van der Waals surface area contributed by atoms with E-state index in [-0.39, 0.29) is 0 Å². The fourth-order valence-corrected chi connectivity index (χ4v) is 4.29. The highest BCUT2D eigenvalue weighted by atomic mass is 32.1. The van der Waals surface area contributed by atoms with Crippen molar-refractivity contribution in [2.75, 3.05) is 13.6 Å². The number of aryl methyl sites for hydroxylation is 3. The van der Waals surface area contributed by atoms with Crippen LogP contribution >= 0.6 is 11.3 Å². The summed E-state index contributed by atoms with van der Waals surface area (Å²) in [6.07, 6.45) is -1.73. The predicted octanol–water partition coefficient (Wildman–Crippen LogP) is 3.67. The zero-order valence-corrected chi connectivity index (χ0v) is 14.8. The number of alkyl halides is 3. The lowest BCUT2D eigenvalue weighted by molar-refractivity contribution is -0.141. The quantitative estimate of drug-likeness (QED) is 0.836. The Balaban J connectivity index is 1.61. The fourth-order valence-electron chi connectivity index (χ4n) is 3.27. The number of imidazole rings is 1. The van der Waals surface area contributed by atoms with E-state index >= 15 is 0 Å². The van der Waals surface area contributed by atoms with Gasteiger partial charge in [0.2, 0.25) is 0 Å². The largest absolute Gasteiger partial charge is 0.434 e. The number of rotatable bonds is 4. The van der Waals surface area contributed by atoms with Crippen molar-refractivity contribution < 1.29 is 13.2 Å². The second-order valence-electron chi connectivity index (χ2n) is 6.54. The minimum Gasteiger partial charge on any atom is -0.334 e. The molecule has 0 N–H and O–H groups in total. The average molecular weight is 358 g/mol. The molecular weight excluding hydrogens is 337 g/mol. The molecular formula is C16H21F3N4S. The maximum absolute atomic E-state index is 12.8. The van der Waals surface area contributed by atoms with E-state index < -0.39 is 11.9 Å². The van der Waals surface area contributed by atoms with Gasteiger partial charge in [0.1, 0.15) is 5.82 Å². The molecule has 1 aliphatic heterocycles. The first-order valence-electron chi connectivity index (χ1n) is 7.97. The van der Waals surface area contributed by atoms with Gasteiger partial charge in [0, 0.05) is 37.1 Å². The van der Waals surface area contributed by atoms with Crippen LogP contribution in [-0.2, 0) is 25.7 Å². The van der Waals surface area contributed by atoms with Crippen molar-refractivity contribution in [3.8, 4) is 0 Å². The minimum atomic E-state index is -4.36. The molecule has 0 aliphatic carbocycles. The molecule has 2 aromatic rings. The summed E-state index contributed by atoms with van der Waals surface area (Å²) < 4.78 is 40.0. The molecule has 0 fully saturated rings. The van der Waals surface area contributed by atoms with Crippen LogP contribution in [0.15, 0.2) is 6.20 Å². The maximum Gasteiger partial charge on any atom is 0.434 e. The van der Waals surface area contributed by atoms with Crippen LogP contribution in [0.2, 0.25) is 0 Å². The summed E-state index contributed by atoms with van der Waals surface area (Å²) in [6.45, 7) is 6.31. The Kier molecular flexibility index (Phi) is 4.70. The Hall–Kier alpha value is -1.41. The highest BCUT2D eigenvalue weighted by Crippen LogP contribution is 2.31. The topological polar surface area (TPSA) is 34.0 Å². The lowest BCUT2D eigenvalue weighted by Crippen LogP contribution is -2.31. The summed E-state index contributed by atoms with van der Waals surface area (Å²) >= 11 is 1.71. The summed E-state index contributed by atoms with van der Waals surface area (Å²) in [5.41, 5.74) is 0.293. The summed E-state index contributed by atoms with van der Waals surface area (Å²) in [5, 5.41) is 1.07. The molecule has 1 atom stereocenters. The van der Waals surface area contributed by atoms with Gasteiger partial charge in [-0.25, -0.2) is 9.97 Å². The first kappa shape index (κ1) is 17.4. The molecule has 0 radical (unpaired) electrons. The first-order valence-corrected chi connectivity index (χ1v) is 8.78. The van der Waals surface area contributed by atoms with Crippen LogP contribution in [0.25, 0.3) is 0 Å². The highest BCUT2D eigenvalue weighted by Gasteiger charge is 2.35. The Labute approximate surface area is 143 Å². The van der Waals surface area contributed by atoms with Gasteiger partial charge in [0.05, 0.1) is 10.7 Å². The Bertz CT molecular complexity index is 719. The number of fused-ring (bicyclic) bond motifs is 1. The van der Waals surface area contributed by atoms with Crippen LogP contribution in [0.3, 0.4) is 0 Å². The normalized spacial score (nSPS) is 18.2. The second-order valence-corrected chi connectivity index (χ2v) is 7.82. The Morgan fingerprint density at radius 3 is 2.71 bits per heavy atom. The monoisotopic (exact) mass is 358 g/mol. The third-order valence-corrected chi connectivity index (χ3v) is 5.42. The van der Waals surface area contributed by atoms with Gasteiger partial charge in [-0.2, -0.15) is 13.2 Å². The van der Waals surface area contributed by atoms with Gasteiger partial charge < -0.3 is 9.47 Å². The van der Waals surface area contributed by atoms with Gasteiger partial charge in [-0.1, -0.05) is 0 Å². The first-order chi connectivity index (χ1) is 11.2. The van der Waals surface area contributed by atoms with Crippen molar-refractivity contribution in [3.05, 3.63) is 33.3 Å². The summed E-state index contributed by atoms with van der Waals surface area (Å²) in [5.74, 6) is 0.891. The fraction of sp³-hybridized carbons (Fsp3) is 0.625. The number of halogens is 3. The van der Waals surface area contributed by atoms with Gasteiger partial charge in [0.15, 0.2) is 5.69 Å². The van der Waals surface area contributed by atoms with Crippen molar-refractivity contribution in [2.45, 2.75) is 46.0 Å². The van der Waals surface area contributed by atoms with Crippen molar-refractivity contribution in [1.29, 1.82) is 0 Å². The SMILES string of the molecule is Cc1nc(C)c(CN(C)C[C@H]2CCc3nc(C(F)(F)F)cn3C2)s1. The molecule has 132 valence electrons. The Morgan fingerprint density at radius 2 is 2.08 bits per heavy atom. The third kappa shape index (κ3) is 3.80. The van der Waals surface area contributed by atoms with E-state index in [1.165, 1.54) is 4.88 Å². The number of hydrogen-bond donors (Lipinski definition) is 0. The van der Waals surface area contributed by atoms with E-state index in [0.29, 0.717) is 24.7 Å². The molecule has 0 unspecified atom stereocenters. The molecule has 8 heteroatoms. The van der Waals surface area contributed by atoms with Crippen LogP contribution < -0.4 is 0 Å². The van der Waals surface area contributed by atoms with Crippen molar-refractivity contribution in [2.24, 2.45) is 5.92 Å². The van der Waals surface area contributed by atoms with Crippen LogP contribution in [-0.4, -0.2) is 33.0 Å². The molecule has 0 saturated heterocycles.